The molecule has 0 saturated heterocycles. The molecule has 2 aromatic carbocycles. The van der Waals surface area contributed by atoms with Crippen molar-refractivity contribution in [2.45, 2.75) is 0 Å². The lowest BCUT2D eigenvalue weighted by atomic mass is 10.2. The quantitative estimate of drug-likeness (QED) is 0.270. The number of benzene rings is 2. The molecule has 0 fully saturated rings. The van der Waals surface area contributed by atoms with Crippen LogP contribution in [0.5, 0.6) is 17.2 Å². The van der Waals surface area contributed by atoms with Crippen LogP contribution in [-0.4, -0.2) is 27.3 Å². The third kappa shape index (κ3) is 1.40. The molecular formula is C13H11N2O5+. The van der Waals surface area contributed by atoms with Crippen molar-refractivity contribution >= 4 is 22.1 Å². The topological polar surface area (TPSA) is 97.8 Å². The Morgan fingerprint density at radius 2 is 1.90 bits per heavy atom. The number of methoxy groups -OCH3 is 1. The molecule has 0 radical (unpaired) electrons. The molecule has 0 spiro atoms. The fourth-order valence-corrected chi connectivity index (χ4v) is 2.23. The summed E-state index contributed by atoms with van der Waals surface area (Å²) in [6.07, 6.45) is 0. The Morgan fingerprint density at radius 3 is 2.60 bits per heavy atom. The van der Waals surface area contributed by atoms with Gasteiger partial charge in [0.2, 0.25) is 11.5 Å². The number of aromatic nitrogens is 2. The Balaban J connectivity index is 2.70. The zero-order valence-electron chi connectivity index (χ0n) is 10.4. The molecule has 0 aliphatic carbocycles. The van der Waals surface area contributed by atoms with Gasteiger partial charge in [-0.05, 0) is 6.07 Å². The summed E-state index contributed by atoms with van der Waals surface area (Å²) in [7, 11) is 1.25. The predicted octanol–water partition coefficient (Wildman–Crippen LogP) is 1.37. The second-order valence-corrected chi connectivity index (χ2v) is 4.24. The van der Waals surface area contributed by atoms with Crippen LogP contribution in [-0.2, 0) is 0 Å². The van der Waals surface area contributed by atoms with E-state index in [0.29, 0.717) is 4.43 Å². The Morgan fingerprint density at radius 1 is 1.20 bits per heavy atom. The van der Waals surface area contributed by atoms with E-state index < -0.39 is 11.5 Å². The molecule has 7 nitrogen and oxygen atoms in total. The van der Waals surface area contributed by atoms with Crippen LogP contribution in [0.15, 0.2) is 30.3 Å². The van der Waals surface area contributed by atoms with Crippen molar-refractivity contribution in [3.05, 3.63) is 35.2 Å². The van der Waals surface area contributed by atoms with Crippen molar-refractivity contribution in [1.82, 2.24) is 4.73 Å². The molecule has 20 heavy (non-hydrogen) atoms. The van der Waals surface area contributed by atoms with Gasteiger partial charge in [0.15, 0.2) is 16.8 Å². The summed E-state index contributed by atoms with van der Waals surface area (Å²) in [6, 6.07) is 7.49. The maximum Gasteiger partial charge on any atom is 0.336 e. The maximum absolute atomic E-state index is 12.4. The van der Waals surface area contributed by atoms with E-state index in [2.05, 4.69) is 0 Å². The summed E-state index contributed by atoms with van der Waals surface area (Å²) >= 11 is 0. The van der Waals surface area contributed by atoms with Gasteiger partial charge in [-0.2, -0.15) is 4.73 Å². The minimum atomic E-state index is -0.556. The van der Waals surface area contributed by atoms with E-state index in [9.17, 15) is 20.3 Å². The smallest absolute Gasteiger partial charge is 0.336 e. The van der Waals surface area contributed by atoms with Gasteiger partial charge in [0.1, 0.15) is 0 Å². The number of hydrogen-bond acceptors (Lipinski definition) is 5. The molecule has 0 saturated carbocycles. The minimum absolute atomic E-state index is 0.0193. The van der Waals surface area contributed by atoms with Crippen molar-refractivity contribution in [3.63, 3.8) is 0 Å². The average molecular weight is 275 g/mol. The van der Waals surface area contributed by atoms with E-state index in [1.165, 1.54) is 13.2 Å². The van der Waals surface area contributed by atoms with E-state index >= 15 is 0 Å². The summed E-state index contributed by atoms with van der Waals surface area (Å²) in [6.45, 7) is 0. The largest absolute Gasteiger partial charge is 0.504 e. The van der Waals surface area contributed by atoms with Crippen LogP contribution in [0.4, 0.5) is 0 Å². The Bertz CT molecular complexity index is 901. The van der Waals surface area contributed by atoms with Gasteiger partial charge < -0.3 is 20.2 Å². The van der Waals surface area contributed by atoms with Crippen LogP contribution in [0.25, 0.3) is 22.1 Å². The first-order chi connectivity index (χ1) is 9.56. The SMILES string of the molecule is COc1c(O)c(O)cc2c1[n+](=O)c1ccccc1n2O. The summed E-state index contributed by atoms with van der Waals surface area (Å²) < 4.78 is 6.27. The zero-order chi connectivity index (χ0) is 14.4. The van der Waals surface area contributed by atoms with Gasteiger partial charge in [0.05, 0.1) is 11.5 Å². The molecule has 0 aliphatic heterocycles. The molecule has 0 aliphatic rings. The van der Waals surface area contributed by atoms with Gasteiger partial charge in [-0.3, -0.25) is 0 Å². The first kappa shape index (κ1) is 12.1. The lowest BCUT2D eigenvalue weighted by Gasteiger charge is -2.08. The number of phenols is 2. The molecule has 1 aromatic heterocycles. The fraction of sp³-hybridized carbons (Fsp3) is 0.0769. The normalized spacial score (nSPS) is 11.1. The molecule has 0 unspecified atom stereocenters. The molecule has 102 valence electrons. The van der Waals surface area contributed by atoms with Crippen molar-refractivity contribution in [1.29, 1.82) is 0 Å². The van der Waals surface area contributed by atoms with E-state index in [1.54, 1.807) is 18.2 Å². The zero-order valence-corrected chi connectivity index (χ0v) is 10.4. The second-order valence-electron chi connectivity index (χ2n) is 4.24. The standard InChI is InChI=1S/C13H10N2O5/c1-20-13-11-9(6-10(16)12(13)17)14(18)7-4-2-3-5-8(7)15(11)19/h2-6,18H,1H3,(H-,16,17,19)/p+1. The number of phenolic OH excluding ortho intramolecular Hbond substituents is 2. The number of nitrogens with zero attached hydrogens (tertiary/aromatic N) is 2. The second kappa shape index (κ2) is 4.02. The van der Waals surface area contributed by atoms with Crippen molar-refractivity contribution in [3.8, 4) is 17.2 Å². The van der Waals surface area contributed by atoms with Gasteiger partial charge in [0, 0.05) is 17.0 Å². The number of hydrogen-bond donors (Lipinski definition) is 3. The van der Waals surface area contributed by atoms with Gasteiger partial charge in [-0.15, -0.1) is 0 Å². The first-order valence-electron chi connectivity index (χ1n) is 5.74. The van der Waals surface area contributed by atoms with Gasteiger partial charge >= 0.3 is 5.52 Å². The van der Waals surface area contributed by atoms with E-state index in [-0.39, 0.29) is 27.8 Å². The number of ether oxygens (including phenoxy) is 1. The van der Waals surface area contributed by atoms with E-state index in [0.717, 1.165) is 10.8 Å². The first-order valence-corrected chi connectivity index (χ1v) is 5.74. The number of para-hydroxylation sites is 2. The third-order valence-electron chi connectivity index (χ3n) is 3.15. The maximum atomic E-state index is 12.4. The summed E-state index contributed by atoms with van der Waals surface area (Å²) in [4.78, 5) is 12.4. The highest BCUT2D eigenvalue weighted by Crippen LogP contribution is 2.40. The van der Waals surface area contributed by atoms with E-state index in [4.69, 9.17) is 4.74 Å². The lowest BCUT2D eigenvalue weighted by molar-refractivity contribution is -0.433. The van der Waals surface area contributed by atoms with Gasteiger partial charge in [0.25, 0.3) is 5.52 Å². The third-order valence-corrected chi connectivity index (χ3v) is 3.15. The Hall–Kier alpha value is -2.96. The molecule has 1 heterocycles. The number of aromatic hydroxyl groups is 2. The van der Waals surface area contributed by atoms with Crippen molar-refractivity contribution in [2.24, 2.45) is 0 Å². The Labute approximate surface area is 112 Å². The highest BCUT2D eigenvalue weighted by molar-refractivity contribution is 5.89. The average Bonchev–Trinajstić information content (AvgIpc) is 2.47. The highest BCUT2D eigenvalue weighted by Gasteiger charge is 2.27. The van der Waals surface area contributed by atoms with E-state index in [1.807, 2.05) is 0 Å². The molecule has 3 aromatic rings. The molecule has 0 bridgehead atoms. The van der Waals surface area contributed by atoms with Gasteiger partial charge in [-0.25, -0.2) is 0 Å². The summed E-state index contributed by atoms with van der Waals surface area (Å²) in [5.41, 5.74) is 0.405. The predicted molar refractivity (Wildman–Crippen MR) is 69.9 cm³/mol. The molecule has 3 rings (SSSR count). The van der Waals surface area contributed by atoms with Gasteiger partial charge in [-0.1, -0.05) is 12.1 Å². The monoisotopic (exact) mass is 275 g/mol. The van der Waals surface area contributed by atoms with Crippen molar-refractivity contribution in [2.75, 3.05) is 7.11 Å². The molecule has 3 N–H and O–H groups in total. The molecular weight excluding hydrogens is 264 g/mol. The van der Waals surface area contributed by atoms with Crippen LogP contribution in [0, 0.1) is 4.91 Å². The summed E-state index contributed by atoms with van der Waals surface area (Å²) in [5.74, 6) is -1.25. The number of fused-ring (bicyclic) bond motifs is 2. The molecule has 7 heteroatoms. The molecule has 0 amide bonds. The fourth-order valence-electron chi connectivity index (χ4n) is 2.23. The summed E-state index contributed by atoms with van der Waals surface area (Å²) in [5, 5.41) is 29.6. The highest BCUT2D eigenvalue weighted by atomic mass is 16.5. The van der Waals surface area contributed by atoms with Crippen LogP contribution in [0.2, 0.25) is 0 Å². The van der Waals surface area contributed by atoms with Crippen LogP contribution in [0.1, 0.15) is 0 Å². The minimum Gasteiger partial charge on any atom is -0.504 e. The van der Waals surface area contributed by atoms with Crippen LogP contribution in [0.3, 0.4) is 0 Å². The van der Waals surface area contributed by atoms with Crippen molar-refractivity contribution < 1.29 is 24.6 Å². The van der Waals surface area contributed by atoms with Crippen LogP contribution >= 0.6 is 0 Å². The molecule has 0 atom stereocenters. The Kier molecular flexibility index (Phi) is 2.43. The number of rotatable bonds is 1. The van der Waals surface area contributed by atoms with Crippen LogP contribution < -0.4 is 9.16 Å². The lowest BCUT2D eigenvalue weighted by Crippen LogP contribution is -2.21.